The van der Waals surface area contributed by atoms with Gasteiger partial charge in [-0.15, -0.1) is 0 Å². The lowest BCUT2D eigenvalue weighted by Gasteiger charge is -2.21. The number of carbonyl (C=O) groups is 2. The minimum Gasteiger partial charge on any atom is -0.351 e. The summed E-state index contributed by atoms with van der Waals surface area (Å²) in [6.07, 6.45) is 0.338. The van der Waals surface area contributed by atoms with Crippen LogP contribution in [-0.4, -0.2) is 30.1 Å². The molecule has 0 saturated carbocycles. The van der Waals surface area contributed by atoms with E-state index < -0.39 is 17.9 Å². The average Bonchev–Trinajstić information content (AvgIpc) is 2.65. The third-order valence-electron chi connectivity index (χ3n) is 4.43. The molecule has 1 atom stereocenters. The van der Waals surface area contributed by atoms with Crippen molar-refractivity contribution < 1.29 is 9.59 Å². The van der Waals surface area contributed by atoms with Gasteiger partial charge in [-0.05, 0) is 49.9 Å². The van der Waals surface area contributed by atoms with Crippen LogP contribution in [0.2, 0.25) is 5.02 Å². The van der Waals surface area contributed by atoms with Crippen LogP contribution in [0, 0.1) is 19.3 Å². The van der Waals surface area contributed by atoms with E-state index in [0.717, 1.165) is 16.7 Å². The van der Waals surface area contributed by atoms with Crippen LogP contribution in [0.25, 0.3) is 0 Å². The maximum atomic E-state index is 12.9. The van der Waals surface area contributed by atoms with Crippen molar-refractivity contribution in [3.05, 3.63) is 69.7 Å². The zero-order chi connectivity index (χ0) is 20.0. The number of aryl methyl sites for hydroxylation is 1. The van der Waals surface area contributed by atoms with Gasteiger partial charge in [-0.2, -0.15) is 0 Å². The minimum atomic E-state index is -0.762. The highest BCUT2D eigenvalue weighted by atomic mass is 35.5. The molecule has 0 fully saturated rings. The number of rotatable bonds is 7. The van der Waals surface area contributed by atoms with Gasteiger partial charge in [0.1, 0.15) is 5.71 Å². The molecule has 142 valence electrons. The fraction of sp³-hybridized carbons (Fsp3) is 0.286. The van der Waals surface area contributed by atoms with Gasteiger partial charge in [0, 0.05) is 6.54 Å². The predicted molar refractivity (Wildman–Crippen MR) is 109 cm³/mol. The summed E-state index contributed by atoms with van der Waals surface area (Å²) in [6.45, 7) is 5.93. The maximum Gasteiger partial charge on any atom is 0.267 e. The summed E-state index contributed by atoms with van der Waals surface area (Å²) in [5.74, 6) is -0.887. The summed E-state index contributed by atoms with van der Waals surface area (Å²) in [7, 11) is 0. The van der Waals surface area contributed by atoms with Crippen molar-refractivity contribution in [2.24, 2.45) is 0 Å². The number of benzene rings is 2. The molecule has 27 heavy (non-hydrogen) atoms. The molecule has 2 amide bonds. The van der Waals surface area contributed by atoms with Gasteiger partial charge in [0.15, 0.2) is 0 Å². The fourth-order valence-electron chi connectivity index (χ4n) is 2.78. The molecule has 0 saturated heterocycles. The van der Waals surface area contributed by atoms with Crippen LogP contribution in [0.3, 0.4) is 0 Å². The van der Waals surface area contributed by atoms with E-state index in [4.69, 9.17) is 17.0 Å². The molecular formula is C21H24ClN3O2. The van der Waals surface area contributed by atoms with Crippen molar-refractivity contribution in [2.45, 2.75) is 33.2 Å². The van der Waals surface area contributed by atoms with Crippen LogP contribution in [0.5, 0.6) is 0 Å². The average molecular weight is 386 g/mol. The molecule has 6 heteroatoms. The molecule has 2 aromatic rings. The summed E-state index contributed by atoms with van der Waals surface area (Å²) in [5, 5.41) is 14.0. The van der Waals surface area contributed by atoms with E-state index in [1.807, 2.05) is 50.2 Å². The third kappa shape index (κ3) is 5.17. The molecule has 2 aromatic carbocycles. The van der Waals surface area contributed by atoms with Crippen molar-refractivity contribution in [1.29, 1.82) is 5.41 Å². The molecule has 3 N–H and O–H groups in total. The van der Waals surface area contributed by atoms with Crippen LogP contribution in [0.15, 0.2) is 42.5 Å². The number of amides is 2. The topological polar surface area (TPSA) is 82.1 Å². The lowest BCUT2D eigenvalue weighted by Crippen LogP contribution is -2.48. The van der Waals surface area contributed by atoms with Crippen LogP contribution in [0.1, 0.15) is 34.0 Å². The van der Waals surface area contributed by atoms with Gasteiger partial charge in [-0.1, -0.05) is 48.0 Å². The molecule has 0 spiro atoms. The highest BCUT2D eigenvalue weighted by Crippen LogP contribution is 2.23. The standard InChI is InChI=1S/C21H24ClN3O2/c1-4-24-21(27)19(23)17(12-15-8-6-5-7-9-15)25-20(26)18-14(3)13(2)10-11-16(18)22/h5-11,17,23H,4,12H2,1-3H3,(H,24,27)(H,25,26). The van der Waals surface area contributed by atoms with Crippen molar-refractivity contribution in [2.75, 3.05) is 6.54 Å². The molecule has 0 heterocycles. The lowest BCUT2D eigenvalue weighted by molar-refractivity contribution is -0.114. The number of halogens is 1. The first-order valence-corrected chi connectivity index (χ1v) is 9.20. The number of nitrogens with one attached hydrogen (secondary N) is 3. The molecule has 0 aromatic heterocycles. The first kappa shape index (κ1) is 20.6. The zero-order valence-corrected chi connectivity index (χ0v) is 16.5. The fourth-order valence-corrected chi connectivity index (χ4v) is 3.07. The highest BCUT2D eigenvalue weighted by Gasteiger charge is 2.25. The number of hydrogen-bond donors (Lipinski definition) is 3. The third-order valence-corrected chi connectivity index (χ3v) is 4.75. The Balaban J connectivity index is 2.31. The van der Waals surface area contributed by atoms with Gasteiger partial charge >= 0.3 is 0 Å². The first-order valence-electron chi connectivity index (χ1n) is 8.82. The SMILES string of the molecule is CCNC(=O)C(=N)C(Cc1ccccc1)NC(=O)c1c(Cl)ccc(C)c1C. The zero-order valence-electron chi connectivity index (χ0n) is 15.7. The van der Waals surface area contributed by atoms with Crippen LogP contribution >= 0.6 is 11.6 Å². The molecule has 0 aliphatic heterocycles. The Labute approximate surface area is 164 Å². The van der Waals surface area contributed by atoms with Gasteiger partial charge in [0.2, 0.25) is 0 Å². The summed E-state index contributed by atoms with van der Waals surface area (Å²) in [5.41, 5.74) is 2.84. The van der Waals surface area contributed by atoms with Crippen molar-refractivity contribution in [3.8, 4) is 0 Å². The summed E-state index contributed by atoms with van der Waals surface area (Å²) >= 11 is 6.24. The second kappa shape index (κ2) is 9.33. The quantitative estimate of drug-likeness (QED) is 0.638. The minimum absolute atomic E-state index is 0.185. The van der Waals surface area contributed by atoms with Crippen molar-refractivity contribution >= 4 is 29.1 Å². The van der Waals surface area contributed by atoms with E-state index in [9.17, 15) is 9.59 Å². The Morgan fingerprint density at radius 1 is 1.11 bits per heavy atom. The van der Waals surface area contributed by atoms with E-state index >= 15 is 0 Å². The van der Waals surface area contributed by atoms with Crippen LogP contribution in [0.4, 0.5) is 0 Å². The molecule has 0 radical (unpaired) electrons. The van der Waals surface area contributed by atoms with Crippen LogP contribution < -0.4 is 10.6 Å². The highest BCUT2D eigenvalue weighted by molar-refractivity contribution is 6.40. The second-order valence-corrected chi connectivity index (χ2v) is 6.76. The molecular weight excluding hydrogens is 362 g/mol. The molecule has 0 aliphatic carbocycles. The van der Waals surface area contributed by atoms with Crippen LogP contribution in [-0.2, 0) is 11.2 Å². The van der Waals surface area contributed by atoms with Crippen molar-refractivity contribution in [1.82, 2.24) is 10.6 Å². The Kier molecular flexibility index (Phi) is 7.13. The van der Waals surface area contributed by atoms with E-state index in [1.165, 1.54) is 0 Å². The molecule has 0 bridgehead atoms. The summed E-state index contributed by atoms with van der Waals surface area (Å²) in [6, 6.07) is 12.2. The Bertz CT molecular complexity index is 850. The lowest BCUT2D eigenvalue weighted by atomic mass is 9.99. The van der Waals surface area contributed by atoms with E-state index in [0.29, 0.717) is 23.6 Å². The molecule has 5 nitrogen and oxygen atoms in total. The summed E-state index contributed by atoms with van der Waals surface area (Å²) < 4.78 is 0. The molecule has 2 rings (SSSR count). The Morgan fingerprint density at radius 3 is 2.41 bits per heavy atom. The number of hydrogen-bond acceptors (Lipinski definition) is 3. The normalized spacial score (nSPS) is 11.6. The monoisotopic (exact) mass is 385 g/mol. The van der Waals surface area contributed by atoms with Gasteiger partial charge in [-0.25, -0.2) is 0 Å². The van der Waals surface area contributed by atoms with Gasteiger partial charge in [0.25, 0.3) is 11.8 Å². The van der Waals surface area contributed by atoms with E-state index in [-0.39, 0.29) is 5.71 Å². The largest absolute Gasteiger partial charge is 0.351 e. The number of carbonyl (C=O) groups excluding carboxylic acids is 2. The van der Waals surface area contributed by atoms with Gasteiger partial charge in [-0.3, -0.25) is 15.0 Å². The van der Waals surface area contributed by atoms with Gasteiger partial charge in [0.05, 0.1) is 16.6 Å². The predicted octanol–water partition coefficient (Wildman–Crippen LogP) is 3.45. The van der Waals surface area contributed by atoms with E-state index in [2.05, 4.69) is 10.6 Å². The van der Waals surface area contributed by atoms with E-state index in [1.54, 1.807) is 13.0 Å². The molecule has 0 aliphatic rings. The first-order chi connectivity index (χ1) is 12.8. The Morgan fingerprint density at radius 2 is 1.78 bits per heavy atom. The Hall–Kier alpha value is -2.66. The summed E-state index contributed by atoms with van der Waals surface area (Å²) in [4.78, 5) is 25.1. The second-order valence-electron chi connectivity index (χ2n) is 6.35. The smallest absolute Gasteiger partial charge is 0.267 e. The van der Waals surface area contributed by atoms with Gasteiger partial charge < -0.3 is 10.6 Å². The molecule has 1 unspecified atom stereocenters. The van der Waals surface area contributed by atoms with Crippen molar-refractivity contribution in [3.63, 3.8) is 0 Å². The maximum absolute atomic E-state index is 12.9.